The molecule has 0 aliphatic heterocycles. The van der Waals surface area contributed by atoms with Crippen LogP contribution in [0.1, 0.15) is 6.92 Å². The average molecular weight is 198 g/mol. The smallest absolute Gasteiger partial charge is 0.312 e. The highest BCUT2D eigenvalue weighted by atomic mass is 16.2. The van der Waals surface area contributed by atoms with Crippen LogP contribution < -0.4 is 16.4 Å². The lowest BCUT2D eigenvalue weighted by Crippen LogP contribution is -2.44. The molecule has 0 aliphatic rings. The van der Waals surface area contributed by atoms with Gasteiger partial charge in [0.15, 0.2) is 0 Å². The van der Waals surface area contributed by atoms with Crippen molar-refractivity contribution in [3.8, 4) is 0 Å². The molecule has 5 N–H and O–H groups in total. The lowest BCUT2D eigenvalue weighted by atomic mass is 10.3. The van der Waals surface area contributed by atoms with Crippen molar-refractivity contribution in [2.75, 3.05) is 5.32 Å². The van der Waals surface area contributed by atoms with E-state index in [-0.39, 0.29) is 5.95 Å². The minimum absolute atomic E-state index is 0.216. The number of carbonyl (C=O) groups excluding carboxylic acids is 2. The molecule has 76 valence electrons. The summed E-state index contributed by atoms with van der Waals surface area (Å²) < 4.78 is 0. The minimum Gasteiger partial charge on any atom is -0.352 e. The van der Waals surface area contributed by atoms with Gasteiger partial charge in [0.25, 0.3) is 0 Å². The summed E-state index contributed by atoms with van der Waals surface area (Å²) in [5.41, 5.74) is 4.84. The van der Waals surface area contributed by atoms with Crippen LogP contribution in [0, 0.1) is 0 Å². The highest BCUT2D eigenvalue weighted by molar-refractivity contribution is 5.95. The van der Waals surface area contributed by atoms with Crippen molar-refractivity contribution in [2.45, 2.75) is 13.0 Å². The Morgan fingerprint density at radius 1 is 1.64 bits per heavy atom. The molecular formula is C6H10N6O2. The van der Waals surface area contributed by atoms with E-state index < -0.39 is 18.0 Å². The fourth-order valence-corrected chi connectivity index (χ4v) is 0.770. The van der Waals surface area contributed by atoms with Gasteiger partial charge in [-0.2, -0.15) is 10.1 Å². The first-order valence-electron chi connectivity index (χ1n) is 3.82. The van der Waals surface area contributed by atoms with E-state index in [2.05, 4.69) is 25.8 Å². The number of aromatic nitrogens is 3. The molecule has 1 heterocycles. The van der Waals surface area contributed by atoms with Gasteiger partial charge in [-0.05, 0) is 6.92 Å². The second-order valence-electron chi connectivity index (χ2n) is 2.55. The zero-order chi connectivity index (χ0) is 10.6. The fraction of sp³-hybridized carbons (Fsp3) is 0.333. The van der Waals surface area contributed by atoms with Gasteiger partial charge in [0, 0.05) is 0 Å². The number of carbonyl (C=O) groups is 2. The molecule has 8 heteroatoms. The monoisotopic (exact) mass is 198 g/mol. The molecular weight excluding hydrogens is 188 g/mol. The number of primary amides is 1. The number of nitrogens with two attached hydrogens (primary N) is 1. The van der Waals surface area contributed by atoms with Gasteiger partial charge in [-0.1, -0.05) is 0 Å². The van der Waals surface area contributed by atoms with Gasteiger partial charge in [0.2, 0.25) is 11.9 Å². The maximum absolute atomic E-state index is 11.3. The maximum Gasteiger partial charge on any atom is 0.312 e. The van der Waals surface area contributed by atoms with Crippen molar-refractivity contribution in [2.24, 2.45) is 5.73 Å². The molecule has 0 aliphatic carbocycles. The average Bonchev–Trinajstić information content (AvgIpc) is 2.55. The zero-order valence-corrected chi connectivity index (χ0v) is 7.44. The first-order valence-corrected chi connectivity index (χ1v) is 3.82. The molecule has 0 saturated carbocycles. The number of urea groups is 1. The Bertz CT molecular complexity index is 321. The molecule has 0 aromatic carbocycles. The van der Waals surface area contributed by atoms with E-state index in [1.807, 2.05) is 0 Å². The second kappa shape index (κ2) is 4.21. The number of anilines is 1. The van der Waals surface area contributed by atoms with E-state index in [4.69, 9.17) is 5.73 Å². The van der Waals surface area contributed by atoms with Crippen LogP contribution in [0.15, 0.2) is 6.33 Å². The van der Waals surface area contributed by atoms with Crippen LogP contribution in [0.3, 0.4) is 0 Å². The van der Waals surface area contributed by atoms with Crippen LogP contribution in [0.4, 0.5) is 10.7 Å². The summed E-state index contributed by atoms with van der Waals surface area (Å²) in [5.74, 6) is -0.214. The number of aromatic amines is 1. The third kappa shape index (κ3) is 2.73. The summed E-state index contributed by atoms with van der Waals surface area (Å²) in [6.07, 6.45) is 1.25. The molecule has 14 heavy (non-hydrogen) atoms. The molecule has 3 amide bonds. The number of nitrogens with zero attached hydrogens (tertiary/aromatic N) is 2. The molecule has 0 spiro atoms. The lowest BCUT2D eigenvalue weighted by Gasteiger charge is -2.10. The van der Waals surface area contributed by atoms with Gasteiger partial charge >= 0.3 is 6.03 Å². The minimum atomic E-state index is -0.759. The normalized spacial score (nSPS) is 11.8. The number of amides is 3. The third-order valence-electron chi connectivity index (χ3n) is 1.41. The Morgan fingerprint density at radius 2 is 2.36 bits per heavy atom. The Morgan fingerprint density at radius 3 is 2.86 bits per heavy atom. The number of nitrogens with one attached hydrogen (secondary N) is 3. The largest absolute Gasteiger partial charge is 0.352 e. The molecule has 0 radical (unpaired) electrons. The molecule has 1 atom stereocenters. The number of hydrogen-bond donors (Lipinski definition) is 4. The van der Waals surface area contributed by atoms with Crippen molar-refractivity contribution >= 4 is 17.9 Å². The summed E-state index contributed by atoms with van der Waals surface area (Å²) in [5, 5.41) is 10.6. The van der Waals surface area contributed by atoms with Crippen molar-refractivity contribution < 1.29 is 9.59 Å². The Labute approximate surface area is 79.3 Å². The number of H-pyrrole nitrogens is 1. The van der Waals surface area contributed by atoms with Gasteiger partial charge in [0.1, 0.15) is 12.4 Å². The van der Waals surface area contributed by atoms with E-state index in [1.54, 1.807) is 0 Å². The van der Waals surface area contributed by atoms with Crippen molar-refractivity contribution in [3.63, 3.8) is 0 Å². The van der Waals surface area contributed by atoms with Gasteiger partial charge in [-0.15, -0.1) is 0 Å². The summed E-state index contributed by atoms with van der Waals surface area (Å²) >= 11 is 0. The van der Waals surface area contributed by atoms with Crippen LogP contribution in [0.25, 0.3) is 0 Å². The van der Waals surface area contributed by atoms with Gasteiger partial charge < -0.3 is 11.1 Å². The predicted octanol–water partition coefficient (Wildman–Crippen LogP) is -1.20. The molecule has 8 nitrogen and oxygen atoms in total. The maximum atomic E-state index is 11.3. The van der Waals surface area contributed by atoms with Crippen molar-refractivity contribution in [3.05, 3.63) is 6.33 Å². The fourth-order valence-electron chi connectivity index (χ4n) is 0.770. The molecule has 1 unspecified atom stereocenters. The van der Waals surface area contributed by atoms with Crippen molar-refractivity contribution in [1.29, 1.82) is 0 Å². The topological polar surface area (TPSA) is 126 Å². The predicted molar refractivity (Wildman–Crippen MR) is 47.2 cm³/mol. The van der Waals surface area contributed by atoms with E-state index >= 15 is 0 Å². The summed E-state index contributed by atoms with van der Waals surface area (Å²) in [6.45, 7) is 1.50. The number of rotatable bonds is 3. The molecule has 1 aromatic rings. The highest BCUT2D eigenvalue weighted by Gasteiger charge is 2.14. The van der Waals surface area contributed by atoms with Crippen LogP contribution in [-0.2, 0) is 4.79 Å². The van der Waals surface area contributed by atoms with E-state index in [0.717, 1.165) is 0 Å². The van der Waals surface area contributed by atoms with Crippen LogP contribution in [0.5, 0.6) is 0 Å². The van der Waals surface area contributed by atoms with Crippen LogP contribution in [0.2, 0.25) is 0 Å². The number of hydrogen-bond acceptors (Lipinski definition) is 4. The lowest BCUT2D eigenvalue weighted by molar-refractivity contribution is -0.117. The first-order chi connectivity index (χ1) is 6.59. The first kappa shape index (κ1) is 9.96. The van der Waals surface area contributed by atoms with E-state index in [1.165, 1.54) is 13.3 Å². The SMILES string of the molecule is CC(NC(N)=O)C(=O)Nc1ncn[nH]1. The van der Waals surface area contributed by atoms with E-state index in [0.29, 0.717) is 0 Å². The van der Waals surface area contributed by atoms with Crippen molar-refractivity contribution in [1.82, 2.24) is 20.5 Å². The van der Waals surface area contributed by atoms with Gasteiger partial charge in [-0.3, -0.25) is 10.1 Å². The molecule has 0 fully saturated rings. The zero-order valence-electron chi connectivity index (χ0n) is 7.44. The Kier molecular flexibility index (Phi) is 3.00. The molecule has 0 bridgehead atoms. The molecule has 0 saturated heterocycles. The Hall–Kier alpha value is -2.12. The second-order valence-corrected chi connectivity index (χ2v) is 2.55. The van der Waals surface area contributed by atoms with Crippen LogP contribution in [-0.4, -0.2) is 33.2 Å². The summed E-state index contributed by atoms with van der Waals surface area (Å²) in [6, 6.07) is -1.48. The standard InChI is InChI=1S/C6H10N6O2/c1-3(10-5(7)14)4(13)11-6-8-2-9-12-6/h2-3H,1H3,(H3,7,10,14)(H2,8,9,11,12,13). The Balaban J connectivity index is 2.46. The molecule has 1 aromatic heterocycles. The quantitative estimate of drug-likeness (QED) is 0.486. The van der Waals surface area contributed by atoms with Gasteiger partial charge in [-0.25, -0.2) is 9.89 Å². The van der Waals surface area contributed by atoms with Gasteiger partial charge in [0.05, 0.1) is 0 Å². The third-order valence-corrected chi connectivity index (χ3v) is 1.41. The molecule has 1 rings (SSSR count). The van der Waals surface area contributed by atoms with E-state index in [9.17, 15) is 9.59 Å². The summed E-state index contributed by atoms with van der Waals surface area (Å²) in [7, 11) is 0. The summed E-state index contributed by atoms with van der Waals surface area (Å²) in [4.78, 5) is 25.4. The van der Waals surface area contributed by atoms with Crippen LogP contribution >= 0.6 is 0 Å². The highest BCUT2D eigenvalue weighted by Crippen LogP contribution is 1.94.